The lowest BCUT2D eigenvalue weighted by molar-refractivity contribution is -0.137. The molecule has 2 aromatic heterocycles. The summed E-state index contributed by atoms with van der Waals surface area (Å²) in [6, 6.07) is 3.84. The number of hydrogen-bond acceptors (Lipinski definition) is 5. The molecule has 0 aromatic carbocycles. The van der Waals surface area contributed by atoms with Crippen LogP contribution in [-0.4, -0.2) is 46.8 Å². The third-order valence-electron chi connectivity index (χ3n) is 4.89. The summed E-state index contributed by atoms with van der Waals surface area (Å²) in [6.45, 7) is 6.98. The number of carbonyl (C=O) groups is 2. The Kier molecular flexibility index (Phi) is 5.89. The molecule has 3 rings (SSSR count). The third-order valence-corrected chi connectivity index (χ3v) is 6.17. The molecule has 0 bridgehead atoms. The Morgan fingerprint density at radius 3 is 2.81 bits per heavy atom. The van der Waals surface area contributed by atoms with Crippen LogP contribution in [0.4, 0.5) is 5.00 Å². The van der Waals surface area contributed by atoms with Gasteiger partial charge in [-0.15, -0.1) is 0 Å². The minimum atomic E-state index is -0.158. The van der Waals surface area contributed by atoms with Gasteiger partial charge in [-0.3, -0.25) is 14.6 Å². The van der Waals surface area contributed by atoms with Crippen molar-refractivity contribution in [2.45, 2.75) is 33.6 Å². The van der Waals surface area contributed by atoms with Crippen molar-refractivity contribution in [1.29, 1.82) is 0 Å². The molecule has 27 heavy (non-hydrogen) atoms. The van der Waals surface area contributed by atoms with E-state index in [1.807, 2.05) is 37.8 Å². The first kappa shape index (κ1) is 19.5. The molecule has 0 aliphatic carbocycles. The molecule has 1 atom stereocenters. The van der Waals surface area contributed by atoms with Crippen LogP contribution in [0.15, 0.2) is 24.5 Å². The molecule has 0 saturated carbocycles. The zero-order valence-electron chi connectivity index (χ0n) is 16.3. The highest BCUT2D eigenvalue weighted by Crippen LogP contribution is 2.34. The molecule has 144 valence electrons. The van der Waals surface area contributed by atoms with Crippen LogP contribution in [0.2, 0.25) is 0 Å². The van der Waals surface area contributed by atoms with Crippen molar-refractivity contribution in [2.75, 3.05) is 25.0 Å². The zero-order valence-corrected chi connectivity index (χ0v) is 17.1. The maximum Gasteiger partial charge on any atom is 0.232 e. The van der Waals surface area contributed by atoms with E-state index in [0.29, 0.717) is 6.54 Å². The summed E-state index contributed by atoms with van der Waals surface area (Å²) in [4.78, 5) is 37.7. The van der Waals surface area contributed by atoms with Gasteiger partial charge in [-0.25, -0.2) is 4.98 Å². The predicted octanol–water partition coefficient (Wildman–Crippen LogP) is 3.37. The van der Waals surface area contributed by atoms with E-state index in [2.05, 4.69) is 9.97 Å². The highest BCUT2D eigenvalue weighted by atomic mass is 32.1. The number of thiazole rings is 1. The molecule has 2 amide bonds. The predicted molar refractivity (Wildman–Crippen MR) is 108 cm³/mol. The molecule has 1 aliphatic heterocycles. The van der Waals surface area contributed by atoms with Gasteiger partial charge < -0.3 is 9.80 Å². The average Bonchev–Trinajstić information content (AvgIpc) is 3.08. The van der Waals surface area contributed by atoms with Crippen molar-refractivity contribution >= 4 is 28.2 Å². The van der Waals surface area contributed by atoms with Crippen molar-refractivity contribution < 1.29 is 9.59 Å². The van der Waals surface area contributed by atoms with Gasteiger partial charge in [0.1, 0.15) is 10.0 Å². The second kappa shape index (κ2) is 8.17. The lowest BCUT2D eigenvalue weighted by Crippen LogP contribution is -2.47. The van der Waals surface area contributed by atoms with Crippen LogP contribution in [0, 0.1) is 18.8 Å². The Labute approximate surface area is 164 Å². The first-order valence-corrected chi connectivity index (χ1v) is 10.1. The lowest BCUT2D eigenvalue weighted by atomic mass is 9.95. The fourth-order valence-electron chi connectivity index (χ4n) is 3.43. The van der Waals surface area contributed by atoms with E-state index in [9.17, 15) is 9.59 Å². The summed E-state index contributed by atoms with van der Waals surface area (Å²) in [6.07, 6.45) is 5.19. The summed E-state index contributed by atoms with van der Waals surface area (Å²) in [5.74, 6) is -0.0131. The number of amides is 2. The molecular formula is C20H26N4O2S. The molecule has 3 heterocycles. The van der Waals surface area contributed by atoms with Gasteiger partial charge in [0, 0.05) is 44.0 Å². The van der Waals surface area contributed by atoms with Gasteiger partial charge in [-0.05, 0) is 31.9 Å². The molecule has 0 radical (unpaired) electrons. The van der Waals surface area contributed by atoms with E-state index >= 15 is 0 Å². The maximum atomic E-state index is 13.1. The summed E-state index contributed by atoms with van der Waals surface area (Å²) >= 11 is 1.50. The lowest BCUT2D eigenvalue weighted by Gasteiger charge is -2.34. The van der Waals surface area contributed by atoms with Crippen LogP contribution < -0.4 is 4.90 Å². The van der Waals surface area contributed by atoms with Crippen LogP contribution in [0.1, 0.15) is 32.4 Å². The standard InChI is InChI=1S/C20H26N4O2S/c1-13(2)18(25)24-10-6-8-16(12-24)19(26)23(4)20-14(3)22-17(27-20)15-7-5-9-21-11-15/h5,7,9,11,13,16H,6,8,10,12H2,1-4H3. The minimum absolute atomic E-state index is 0.0395. The number of piperidine rings is 1. The van der Waals surface area contributed by atoms with Gasteiger partial charge in [0.25, 0.3) is 0 Å². The molecule has 1 aliphatic rings. The second-order valence-corrected chi connectivity index (χ2v) is 8.30. The van der Waals surface area contributed by atoms with Crippen molar-refractivity contribution in [3.05, 3.63) is 30.2 Å². The summed E-state index contributed by atoms with van der Waals surface area (Å²) in [5, 5.41) is 1.71. The monoisotopic (exact) mass is 386 g/mol. The molecule has 1 fully saturated rings. The topological polar surface area (TPSA) is 66.4 Å². The van der Waals surface area contributed by atoms with Crippen molar-refractivity contribution in [3.63, 3.8) is 0 Å². The van der Waals surface area contributed by atoms with E-state index in [-0.39, 0.29) is 23.7 Å². The van der Waals surface area contributed by atoms with Crippen LogP contribution in [0.25, 0.3) is 10.6 Å². The van der Waals surface area contributed by atoms with Crippen LogP contribution >= 0.6 is 11.3 Å². The quantitative estimate of drug-likeness (QED) is 0.808. The Balaban J connectivity index is 1.75. The van der Waals surface area contributed by atoms with Gasteiger partial charge in [0.05, 0.1) is 11.6 Å². The molecule has 1 unspecified atom stereocenters. The van der Waals surface area contributed by atoms with Crippen molar-refractivity contribution in [2.24, 2.45) is 11.8 Å². The van der Waals surface area contributed by atoms with E-state index in [0.717, 1.165) is 40.7 Å². The normalized spacial score (nSPS) is 17.2. The van der Waals surface area contributed by atoms with E-state index in [1.54, 1.807) is 24.3 Å². The first-order chi connectivity index (χ1) is 12.9. The van der Waals surface area contributed by atoms with Gasteiger partial charge in [-0.2, -0.15) is 0 Å². The Morgan fingerprint density at radius 1 is 1.37 bits per heavy atom. The van der Waals surface area contributed by atoms with E-state index in [4.69, 9.17) is 0 Å². The molecule has 1 saturated heterocycles. The van der Waals surface area contributed by atoms with Gasteiger partial charge in [-0.1, -0.05) is 25.2 Å². The number of aromatic nitrogens is 2. The van der Waals surface area contributed by atoms with Crippen LogP contribution in [0.5, 0.6) is 0 Å². The minimum Gasteiger partial charge on any atom is -0.342 e. The Bertz CT molecular complexity index is 819. The highest BCUT2D eigenvalue weighted by Gasteiger charge is 2.32. The number of carbonyl (C=O) groups excluding carboxylic acids is 2. The SMILES string of the molecule is Cc1nc(-c2cccnc2)sc1N(C)C(=O)C1CCCN(C(=O)C(C)C)C1. The zero-order chi connectivity index (χ0) is 19.6. The average molecular weight is 387 g/mol. The molecule has 0 N–H and O–H groups in total. The van der Waals surface area contributed by atoms with Crippen LogP contribution in [-0.2, 0) is 9.59 Å². The number of nitrogens with zero attached hydrogens (tertiary/aromatic N) is 4. The summed E-state index contributed by atoms with van der Waals surface area (Å²) in [5.41, 5.74) is 1.78. The number of aryl methyl sites for hydroxylation is 1. The second-order valence-electron chi connectivity index (χ2n) is 7.33. The number of anilines is 1. The van der Waals surface area contributed by atoms with Crippen molar-refractivity contribution in [1.82, 2.24) is 14.9 Å². The Hall–Kier alpha value is -2.28. The highest BCUT2D eigenvalue weighted by molar-refractivity contribution is 7.19. The molecule has 0 spiro atoms. The Morgan fingerprint density at radius 2 is 2.15 bits per heavy atom. The molecule has 2 aromatic rings. The van der Waals surface area contributed by atoms with Gasteiger partial charge in [0.15, 0.2) is 0 Å². The third kappa shape index (κ3) is 4.18. The van der Waals surface area contributed by atoms with Crippen molar-refractivity contribution in [3.8, 4) is 10.6 Å². The maximum absolute atomic E-state index is 13.1. The van der Waals surface area contributed by atoms with E-state index in [1.165, 1.54) is 11.3 Å². The van der Waals surface area contributed by atoms with Gasteiger partial charge >= 0.3 is 0 Å². The summed E-state index contributed by atoms with van der Waals surface area (Å²) < 4.78 is 0. The van der Waals surface area contributed by atoms with Gasteiger partial charge in [0.2, 0.25) is 11.8 Å². The summed E-state index contributed by atoms with van der Waals surface area (Å²) in [7, 11) is 1.80. The molecule has 6 nitrogen and oxygen atoms in total. The fourth-order valence-corrected chi connectivity index (χ4v) is 4.45. The molecular weight excluding hydrogens is 360 g/mol. The van der Waals surface area contributed by atoms with Crippen LogP contribution in [0.3, 0.4) is 0 Å². The molecule has 7 heteroatoms. The number of rotatable bonds is 4. The number of pyridine rings is 1. The number of hydrogen-bond donors (Lipinski definition) is 0. The van der Waals surface area contributed by atoms with E-state index < -0.39 is 0 Å². The largest absolute Gasteiger partial charge is 0.342 e. The smallest absolute Gasteiger partial charge is 0.232 e. The fraction of sp³-hybridized carbons (Fsp3) is 0.500. The first-order valence-electron chi connectivity index (χ1n) is 9.32. The number of likely N-dealkylation sites (tertiary alicyclic amines) is 1.